The molecule has 1 amide bonds. The minimum Gasteiger partial charge on any atom is -0.352 e. The number of rotatable bonds is 6. The van der Waals surface area contributed by atoms with E-state index in [-0.39, 0.29) is 35.9 Å². The quantitative estimate of drug-likeness (QED) is 0.715. The molecule has 2 unspecified atom stereocenters. The van der Waals surface area contributed by atoms with Gasteiger partial charge in [0.15, 0.2) is 0 Å². The number of piperidine rings is 1. The summed E-state index contributed by atoms with van der Waals surface area (Å²) in [5, 5.41) is 6.27. The van der Waals surface area contributed by atoms with Crippen LogP contribution in [-0.2, 0) is 14.8 Å². The zero-order valence-corrected chi connectivity index (χ0v) is 13.5. The smallest absolute Gasteiger partial charge is 0.240 e. The Morgan fingerprint density at radius 2 is 2.05 bits per heavy atom. The SMILES string of the molecule is CC1NCCCC1NC(=O)CCNS(=O)(=O)c1ccccc1. The van der Waals surface area contributed by atoms with Gasteiger partial charge in [0, 0.05) is 25.0 Å². The zero-order chi connectivity index (χ0) is 16.0. The molecule has 0 radical (unpaired) electrons. The molecule has 1 heterocycles. The first-order valence-corrected chi connectivity index (χ1v) is 9.05. The summed E-state index contributed by atoms with van der Waals surface area (Å²) in [6, 6.07) is 8.50. The molecule has 2 atom stereocenters. The van der Waals surface area contributed by atoms with Gasteiger partial charge in [0.25, 0.3) is 0 Å². The van der Waals surface area contributed by atoms with Gasteiger partial charge >= 0.3 is 0 Å². The minimum atomic E-state index is -3.54. The lowest BCUT2D eigenvalue weighted by Crippen LogP contribution is -2.52. The van der Waals surface area contributed by atoms with Crippen LogP contribution in [0.5, 0.6) is 0 Å². The van der Waals surface area contributed by atoms with Gasteiger partial charge in [-0.25, -0.2) is 13.1 Å². The highest BCUT2D eigenvalue weighted by Crippen LogP contribution is 2.09. The van der Waals surface area contributed by atoms with Gasteiger partial charge in [-0.05, 0) is 38.4 Å². The normalized spacial score (nSPS) is 22.2. The largest absolute Gasteiger partial charge is 0.352 e. The van der Waals surface area contributed by atoms with E-state index in [0.717, 1.165) is 19.4 Å². The van der Waals surface area contributed by atoms with Crippen LogP contribution in [0.3, 0.4) is 0 Å². The molecule has 0 aromatic heterocycles. The maximum absolute atomic E-state index is 12.0. The van der Waals surface area contributed by atoms with Gasteiger partial charge < -0.3 is 10.6 Å². The predicted molar refractivity (Wildman–Crippen MR) is 84.9 cm³/mol. The highest BCUT2D eigenvalue weighted by Gasteiger charge is 2.22. The topological polar surface area (TPSA) is 87.3 Å². The molecule has 7 heteroatoms. The van der Waals surface area contributed by atoms with E-state index in [4.69, 9.17) is 0 Å². The lowest BCUT2D eigenvalue weighted by molar-refractivity contribution is -0.122. The summed E-state index contributed by atoms with van der Waals surface area (Å²) in [5.41, 5.74) is 0. The number of sulfonamides is 1. The maximum Gasteiger partial charge on any atom is 0.240 e. The first-order valence-electron chi connectivity index (χ1n) is 7.56. The lowest BCUT2D eigenvalue weighted by atomic mass is 10.00. The predicted octanol–water partition coefficient (Wildman–Crippen LogP) is 0.612. The van der Waals surface area contributed by atoms with Crippen LogP contribution in [0.15, 0.2) is 35.2 Å². The van der Waals surface area contributed by atoms with E-state index >= 15 is 0 Å². The first kappa shape index (κ1) is 16.9. The van der Waals surface area contributed by atoms with Crippen molar-refractivity contribution >= 4 is 15.9 Å². The molecule has 1 aliphatic rings. The van der Waals surface area contributed by atoms with Crippen LogP contribution in [0.2, 0.25) is 0 Å². The van der Waals surface area contributed by atoms with Crippen molar-refractivity contribution in [2.45, 2.75) is 43.2 Å². The van der Waals surface area contributed by atoms with Crippen LogP contribution < -0.4 is 15.4 Å². The third-order valence-corrected chi connectivity index (χ3v) is 5.28. The molecule has 1 saturated heterocycles. The molecule has 1 aromatic carbocycles. The average molecular weight is 325 g/mol. The van der Waals surface area contributed by atoms with E-state index in [0.29, 0.717) is 0 Å². The fourth-order valence-electron chi connectivity index (χ4n) is 2.50. The van der Waals surface area contributed by atoms with E-state index in [1.54, 1.807) is 18.2 Å². The number of nitrogens with one attached hydrogen (secondary N) is 3. The van der Waals surface area contributed by atoms with Crippen LogP contribution in [0.1, 0.15) is 26.2 Å². The summed E-state index contributed by atoms with van der Waals surface area (Å²) in [5.74, 6) is -0.128. The molecule has 0 spiro atoms. The Balaban J connectivity index is 1.77. The van der Waals surface area contributed by atoms with E-state index in [1.165, 1.54) is 12.1 Å². The van der Waals surface area contributed by atoms with Crippen LogP contribution in [0, 0.1) is 0 Å². The molecule has 3 N–H and O–H groups in total. The number of carbonyl (C=O) groups is 1. The van der Waals surface area contributed by atoms with Crippen molar-refractivity contribution in [3.05, 3.63) is 30.3 Å². The summed E-state index contributed by atoms with van der Waals surface area (Å²) in [7, 11) is -3.54. The van der Waals surface area contributed by atoms with Crippen LogP contribution in [-0.4, -0.2) is 39.5 Å². The molecule has 2 rings (SSSR count). The first-order chi connectivity index (χ1) is 10.5. The second-order valence-corrected chi connectivity index (χ2v) is 7.29. The van der Waals surface area contributed by atoms with Gasteiger partial charge in [-0.2, -0.15) is 0 Å². The van der Waals surface area contributed by atoms with E-state index in [9.17, 15) is 13.2 Å². The Labute approximate surface area is 131 Å². The highest BCUT2D eigenvalue weighted by atomic mass is 32.2. The highest BCUT2D eigenvalue weighted by molar-refractivity contribution is 7.89. The van der Waals surface area contributed by atoms with Gasteiger partial charge in [-0.3, -0.25) is 4.79 Å². The van der Waals surface area contributed by atoms with Crippen molar-refractivity contribution in [1.82, 2.24) is 15.4 Å². The number of carbonyl (C=O) groups excluding carboxylic acids is 1. The van der Waals surface area contributed by atoms with Gasteiger partial charge in [-0.1, -0.05) is 18.2 Å². The van der Waals surface area contributed by atoms with Crippen molar-refractivity contribution < 1.29 is 13.2 Å². The molecule has 0 bridgehead atoms. The van der Waals surface area contributed by atoms with E-state index in [1.807, 2.05) is 6.92 Å². The molecule has 22 heavy (non-hydrogen) atoms. The summed E-state index contributed by atoms with van der Waals surface area (Å²) >= 11 is 0. The standard InChI is InChI=1S/C15H23N3O3S/c1-12-14(8-5-10-16-12)18-15(19)9-11-17-22(20,21)13-6-3-2-4-7-13/h2-4,6-7,12,14,16-17H,5,8-11H2,1H3,(H,18,19). The van der Waals surface area contributed by atoms with Crippen LogP contribution in [0.4, 0.5) is 0 Å². The number of hydrogen-bond donors (Lipinski definition) is 3. The third-order valence-electron chi connectivity index (χ3n) is 3.81. The van der Waals surface area contributed by atoms with Crippen molar-refractivity contribution in [3.63, 3.8) is 0 Å². The van der Waals surface area contributed by atoms with Gasteiger partial charge in [0.2, 0.25) is 15.9 Å². The maximum atomic E-state index is 12.0. The van der Waals surface area contributed by atoms with Gasteiger partial charge in [-0.15, -0.1) is 0 Å². The molecule has 0 saturated carbocycles. The molecule has 1 aromatic rings. The lowest BCUT2D eigenvalue weighted by Gasteiger charge is -2.30. The molecule has 1 fully saturated rings. The van der Waals surface area contributed by atoms with Gasteiger partial charge in [0.1, 0.15) is 0 Å². The average Bonchev–Trinajstić information content (AvgIpc) is 2.50. The minimum absolute atomic E-state index is 0.0948. The van der Waals surface area contributed by atoms with Crippen molar-refractivity contribution in [1.29, 1.82) is 0 Å². The van der Waals surface area contributed by atoms with Crippen LogP contribution >= 0.6 is 0 Å². The number of hydrogen-bond acceptors (Lipinski definition) is 4. The second-order valence-electron chi connectivity index (χ2n) is 5.52. The van der Waals surface area contributed by atoms with Gasteiger partial charge in [0.05, 0.1) is 4.90 Å². The summed E-state index contributed by atoms with van der Waals surface area (Å²) < 4.78 is 26.5. The molecular weight excluding hydrogens is 302 g/mol. The fraction of sp³-hybridized carbons (Fsp3) is 0.533. The third kappa shape index (κ3) is 4.79. The number of benzene rings is 1. The molecule has 0 aliphatic carbocycles. The second kappa shape index (κ2) is 7.71. The van der Waals surface area contributed by atoms with Crippen molar-refractivity contribution in [2.24, 2.45) is 0 Å². The monoisotopic (exact) mass is 325 g/mol. The van der Waals surface area contributed by atoms with Crippen LogP contribution in [0.25, 0.3) is 0 Å². The molecule has 122 valence electrons. The van der Waals surface area contributed by atoms with Crippen molar-refractivity contribution in [3.8, 4) is 0 Å². The zero-order valence-electron chi connectivity index (χ0n) is 12.7. The summed E-state index contributed by atoms with van der Waals surface area (Å²) in [6.45, 7) is 3.12. The van der Waals surface area contributed by atoms with E-state index in [2.05, 4.69) is 15.4 Å². The van der Waals surface area contributed by atoms with Crippen molar-refractivity contribution in [2.75, 3.05) is 13.1 Å². The Bertz CT molecular complexity index is 589. The molecular formula is C15H23N3O3S. The Morgan fingerprint density at radius 3 is 2.73 bits per heavy atom. The van der Waals surface area contributed by atoms with E-state index < -0.39 is 10.0 Å². The molecule has 1 aliphatic heterocycles. The Morgan fingerprint density at radius 1 is 1.32 bits per heavy atom. The number of amides is 1. The fourth-order valence-corrected chi connectivity index (χ4v) is 3.55. The summed E-state index contributed by atoms with van der Waals surface area (Å²) in [4.78, 5) is 12.1. The summed E-state index contributed by atoms with van der Waals surface area (Å²) in [6.07, 6.45) is 2.13. The Kier molecular flexibility index (Phi) is 5.93. The Hall–Kier alpha value is -1.44. The molecule has 6 nitrogen and oxygen atoms in total.